The third-order valence-electron chi connectivity index (χ3n) is 5.38. The van der Waals surface area contributed by atoms with Crippen molar-refractivity contribution in [3.8, 4) is 16.9 Å². The van der Waals surface area contributed by atoms with E-state index >= 15 is 0 Å². The Bertz CT molecular complexity index is 1290. The number of piperazine rings is 1. The van der Waals surface area contributed by atoms with Gasteiger partial charge in [0.25, 0.3) is 5.91 Å². The predicted molar refractivity (Wildman–Crippen MR) is 119 cm³/mol. The van der Waals surface area contributed by atoms with Gasteiger partial charge in [-0.15, -0.1) is 0 Å². The summed E-state index contributed by atoms with van der Waals surface area (Å²) >= 11 is 6.17. The number of nitrogens with zero attached hydrogens (tertiary/aromatic N) is 1. The SMILES string of the molecule is CC(Oc1ccc2c(-c3ccc(F)cc3Cl)cc(=O)oc2c1)C(=O)N1CCN[C@@H](C(=O)O)C1. The van der Waals surface area contributed by atoms with Crippen LogP contribution in [0.25, 0.3) is 22.1 Å². The first-order chi connectivity index (χ1) is 15.7. The average molecular weight is 475 g/mol. The van der Waals surface area contributed by atoms with Gasteiger partial charge >= 0.3 is 11.6 Å². The van der Waals surface area contributed by atoms with Crippen LogP contribution < -0.4 is 15.7 Å². The zero-order chi connectivity index (χ0) is 23.7. The van der Waals surface area contributed by atoms with Gasteiger partial charge in [0.1, 0.15) is 23.2 Å². The normalized spacial score (nSPS) is 17.1. The summed E-state index contributed by atoms with van der Waals surface area (Å²) in [4.78, 5) is 37.6. The molecule has 1 unspecified atom stereocenters. The van der Waals surface area contributed by atoms with E-state index in [2.05, 4.69) is 5.32 Å². The number of carbonyl (C=O) groups excluding carboxylic acids is 1. The van der Waals surface area contributed by atoms with E-state index in [4.69, 9.17) is 20.8 Å². The maximum Gasteiger partial charge on any atom is 0.336 e. The molecule has 0 saturated carbocycles. The van der Waals surface area contributed by atoms with Gasteiger partial charge in [-0.2, -0.15) is 0 Å². The maximum absolute atomic E-state index is 13.4. The van der Waals surface area contributed by atoms with Gasteiger partial charge in [0.15, 0.2) is 6.10 Å². The molecule has 10 heteroatoms. The number of fused-ring (bicyclic) bond motifs is 1. The lowest BCUT2D eigenvalue weighted by molar-refractivity contribution is -0.145. The van der Waals surface area contributed by atoms with E-state index in [1.807, 2.05) is 0 Å². The molecule has 4 rings (SSSR count). The van der Waals surface area contributed by atoms with Crippen molar-refractivity contribution >= 4 is 34.4 Å². The highest BCUT2D eigenvalue weighted by Gasteiger charge is 2.30. The van der Waals surface area contributed by atoms with E-state index in [1.165, 1.54) is 29.2 Å². The monoisotopic (exact) mass is 474 g/mol. The molecule has 2 atom stereocenters. The second-order valence-electron chi connectivity index (χ2n) is 7.65. The molecule has 0 aliphatic carbocycles. The molecule has 0 bridgehead atoms. The van der Waals surface area contributed by atoms with Crippen LogP contribution in [0.15, 0.2) is 51.7 Å². The number of aliphatic carboxylic acids is 1. The van der Waals surface area contributed by atoms with E-state index in [0.29, 0.717) is 35.4 Å². The minimum atomic E-state index is -1.03. The zero-order valence-corrected chi connectivity index (χ0v) is 18.3. The zero-order valence-electron chi connectivity index (χ0n) is 17.5. The lowest BCUT2D eigenvalue weighted by Crippen LogP contribution is -2.57. The molecule has 2 N–H and O–H groups in total. The van der Waals surface area contributed by atoms with Gasteiger partial charge in [-0.25, -0.2) is 9.18 Å². The van der Waals surface area contributed by atoms with E-state index in [0.717, 1.165) is 6.07 Å². The van der Waals surface area contributed by atoms with Crippen LogP contribution in [-0.4, -0.2) is 53.7 Å². The van der Waals surface area contributed by atoms with Crippen molar-refractivity contribution in [1.82, 2.24) is 10.2 Å². The molecule has 1 amide bonds. The van der Waals surface area contributed by atoms with Crippen LogP contribution in [0.3, 0.4) is 0 Å². The number of carboxylic acids is 1. The first-order valence-electron chi connectivity index (χ1n) is 10.2. The maximum atomic E-state index is 13.4. The van der Waals surface area contributed by atoms with Gasteiger partial charge in [-0.1, -0.05) is 11.6 Å². The Balaban J connectivity index is 1.59. The Hall–Kier alpha value is -3.43. The lowest BCUT2D eigenvalue weighted by Gasteiger charge is -2.33. The molecule has 1 aliphatic heterocycles. The number of amides is 1. The molecule has 1 aliphatic rings. The summed E-state index contributed by atoms with van der Waals surface area (Å²) in [6.45, 7) is 2.33. The highest BCUT2D eigenvalue weighted by molar-refractivity contribution is 6.33. The summed E-state index contributed by atoms with van der Waals surface area (Å²) in [5.41, 5.74) is 0.533. The van der Waals surface area contributed by atoms with Crippen LogP contribution in [-0.2, 0) is 9.59 Å². The van der Waals surface area contributed by atoms with Crippen molar-refractivity contribution in [3.63, 3.8) is 0 Å². The molecular weight excluding hydrogens is 455 g/mol. The van der Waals surface area contributed by atoms with E-state index in [-0.39, 0.29) is 23.1 Å². The topological polar surface area (TPSA) is 109 Å². The number of rotatable bonds is 5. The van der Waals surface area contributed by atoms with Gasteiger partial charge in [-0.3, -0.25) is 9.59 Å². The van der Waals surface area contributed by atoms with Crippen LogP contribution in [0.2, 0.25) is 5.02 Å². The Morgan fingerprint density at radius 3 is 2.76 bits per heavy atom. The van der Waals surface area contributed by atoms with E-state index in [1.54, 1.807) is 19.1 Å². The summed E-state index contributed by atoms with van der Waals surface area (Å²) in [5.74, 6) is -1.58. The average Bonchev–Trinajstić information content (AvgIpc) is 2.78. The lowest BCUT2D eigenvalue weighted by atomic mass is 10.0. The molecule has 1 aromatic heterocycles. The van der Waals surface area contributed by atoms with Crippen molar-refractivity contribution < 1.29 is 28.2 Å². The summed E-state index contributed by atoms with van der Waals surface area (Å²) in [7, 11) is 0. The Morgan fingerprint density at radius 2 is 2.03 bits per heavy atom. The molecule has 2 aromatic carbocycles. The van der Waals surface area contributed by atoms with Crippen LogP contribution >= 0.6 is 11.6 Å². The van der Waals surface area contributed by atoms with Gasteiger partial charge in [0.05, 0.1) is 5.02 Å². The number of benzene rings is 2. The quantitative estimate of drug-likeness (QED) is 0.547. The first kappa shape index (κ1) is 22.8. The minimum Gasteiger partial charge on any atom is -0.481 e. The Kier molecular flexibility index (Phi) is 6.35. The van der Waals surface area contributed by atoms with Crippen LogP contribution in [0.1, 0.15) is 6.92 Å². The van der Waals surface area contributed by atoms with Crippen LogP contribution in [0.4, 0.5) is 4.39 Å². The van der Waals surface area contributed by atoms with Crippen molar-refractivity contribution in [2.75, 3.05) is 19.6 Å². The molecule has 172 valence electrons. The molecular formula is C23H20ClFN2O6. The Labute approximate surface area is 192 Å². The Morgan fingerprint density at radius 1 is 1.24 bits per heavy atom. The standard InChI is InChI=1S/C23H20ClFN2O6/c1-12(22(29)27-7-6-26-19(11-27)23(30)31)32-14-3-5-16-17(10-21(28)33-20(16)9-14)15-4-2-13(25)8-18(15)24/h2-5,8-10,12,19,26H,6-7,11H2,1H3,(H,30,31)/t12?,19-/m1/s1. The molecule has 33 heavy (non-hydrogen) atoms. The molecule has 0 spiro atoms. The van der Waals surface area contributed by atoms with E-state index < -0.39 is 29.6 Å². The van der Waals surface area contributed by atoms with Gasteiger partial charge in [-0.05, 0) is 37.3 Å². The number of nitrogens with one attached hydrogen (secondary N) is 1. The third kappa shape index (κ3) is 4.84. The molecule has 2 heterocycles. The number of ether oxygens (including phenoxy) is 1. The van der Waals surface area contributed by atoms with Gasteiger partial charge < -0.3 is 24.5 Å². The fourth-order valence-electron chi connectivity index (χ4n) is 3.77. The fourth-order valence-corrected chi connectivity index (χ4v) is 4.04. The molecule has 3 aromatic rings. The van der Waals surface area contributed by atoms with Gasteiger partial charge in [0, 0.05) is 48.3 Å². The molecule has 1 fully saturated rings. The molecule has 8 nitrogen and oxygen atoms in total. The van der Waals surface area contributed by atoms with Crippen LogP contribution in [0.5, 0.6) is 5.75 Å². The largest absolute Gasteiger partial charge is 0.481 e. The minimum absolute atomic E-state index is 0.0379. The summed E-state index contributed by atoms with van der Waals surface area (Å²) < 4.78 is 24.5. The summed E-state index contributed by atoms with van der Waals surface area (Å²) in [6.07, 6.45) is -0.892. The number of halogens is 2. The second kappa shape index (κ2) is 9.21. The van der Waals surface area contributed by atoms with Crippen molar-refractivity contribution in [1.29, 1.82) is 0 Å². The second-order valence-corrected chi connectivity index (χ2v) is 8.06. The van der Waals surface area contributed by atoms with E-state index in [9.17, 15) is 23.9 Å². The summed E-state index contributed by atoms with van der Waals surface area (Å²) in [5, 5.41) is 12.7. The highest BCUT2D eigenvalue weighted by atomic mass is 35.5. The molecule has 0 radical (unpaired) electrons. The third-order valence-corrected chi connectivity index (χ3v) is 5.70. The first-order valence-corrected chi connectivity index (χ1v) is 10.6. The fraction of sp³-hybridized carbons (Fsp3) is 0.261. The van der Waals surface area contributed by atoms with Crippen molar-refractivity contribution in [3.05, 3.63) is 63.7 Å². The smallest absolute Gasteiger partial charge is 0.336 e. The van der Waals surface area contributed by atoms with Crippen LogP contribution in [0, 0.1) is 5.82 Å². The van der Waals surface area contributed by atoms with Gasteiger partial charge in [0.2, 0.25) is 0 Å². The molecule has 1 saturated heterocycles. The number of carboxylic acid groups (broad SMARTS) is 1. The predicted octanol–water partition coefficient (Wildman–Crippen LogP) is 2.90. The summed E-state index contributed by atoms with van der Waals surface area (Å²) in [6, 6.07) is 9.09. The van der Waals surface area contributed by atoms with Crippen molar-refractivity contribution in [2.24, 2.45) is 0 Å². The number of hydrogen-bond donors (Lipinski definition) is 2. The number of carbonyl (C=O) groups is 2. The van der Waals surface area contributed by atoms with Crippen molar-refractivity contribution in [2.45, 2.75) is 19.1 Å². The highest BCUT2D eigenvalue weighted by Crippen LogP contribution is 2.34. The number of hydrogen-bond acceptors (Lipinski definition) is 6.